The van der Waals surface area contributed by atoms with Gasteiger partial charge in [-0.25, -0.2) is 4.79 Å². The summed E-state index contributed by atoms with van der Waals surface area (Å²) in [7, 11) is 0. The molecule has 6 heteroatoms. The highest BCUT2D eigenvalue weighted by Gasteiger charge is 2.44. The number of carboxylic acid groups (broad SMARTS) is 1. The second-order valence-corrected chi connectivity index (χ2v) is 6.89. The second-order valence-electron chi connectivity index (χ2n) is 6.89. The Morgan fingerprint density at radius 3 is 2.52 bits per heavy atom. The van der Waals surface area contributed by atoms with Crippen molar-refractivity contribution < 1.29 is 24.2 Å². The van der Waals surface area contributed by atoms with Crippen LogP contribution in [0.1, 0.15) is 33.8 Å². The number of amides is 1. The molecule has 0 unspecified atom stereocenters. The van der Waals surface area contributed by atoms with Gasteiger partial charge >= 0.3 is 5.97 Å². The van der Waals surface area contributed by atoms with Crippen molar-refractivity contribution >= 4 is 11.9 Å². The minimum absolute atomic E-state index is 0.00180. The molecule has 0 spiro atoms. The van der Waals surface area contributed by atoms with Gasteiger partial charge in [0.25, 0.3) is 0 Å². The predicted molar refractivity (Wildman–Crippen MR) is 98.4 cm³/mol. The Morgan fingerprint density at radius 2 is 1.78 bits per heavy atom. The van der Waals surface area contributed by atoms with E-state index in [4.69, 9.17) is 14.6 Å². The molecule has 2 aromatic carbocycles. The van der Waals surface area contributed by atoms with E-state index in [1.807, 2.05) is 18.2 Å². The Balaban J connectivity index is 1.27. The number of hydrogen-bond donors (Lipinski definition) is 2. The zero-order valence-electron chi connectivity index (χ0n) is 14.8. The van der Waals surface area contributed by atoms with E-state index in [0.29, 0.717) is 26.2 Å². The summed E-state index contributed by atoms with van der Waals surface area (Å²) in [6, 6.07) is 12.6. The van der Waals surface area contributed by atoms with Crippen LogP contribution in [0.4, 0.5) is 0 Å². The minimum atomic E-state index is -0.936. The fourth-order valence-corrected chi connectivity index (χ4v) is 3.42. The zero-order valence-corrected chi connectivity index (χ0v) is 14.8. The van der Waals surface area contributed by atoms with Crippen LogP contribution in [0.3, 0.4) is 0 Å². The Morgan fingerprint density at radius 1 is 1.04 bits per heavy atom. The molecule has 2 aromatic rings. The van der Waals surface area contributed by atoms with E-state index < -0.39 is 5.97 Å². The zero-order chi connectivity index (χ0) is 18.8. The van der Waals surface area contributed by atoms with Gasteiger partial charge in [-0.2, -0.15) is 0 Å². The van der Waals surface area contributed by atoms with E-state index in [0.717, 1.165) is 29.0 Å². The SMILES string of the molecule is O=C(O)c1ccc(CCNC(=O)[C@@H]2C[C@H]2c2ccc3c(c2)OCCO3)cc1. The molecule has 1 amide bonds. The highest BCUT2D eigenvalue weighted by Crippen LogP contribution is 2.49. The predicted octanol–water partition coefficient (Wildman–Crippen LogP) is 2.62. The molecule has 1 heterocycles. The smallest absolute Gasteiger partial charge is 0.335 e. The van der Waals surface area contributed by atoms with Gasteiger partial charge in [0.2, 0.25) is 5.91 Å². The Labute approximate surface area is 157 Å². The maximum Gasteiger partial charge on any atom is 0.335 e. The van der Waals surface area contributed by atoms with Crippen molar-refractivity contribution in [3.63, 3.8) is 0 Å². The molecule has 1 aliphatic carbocycles. The lowest BCUT2D eigenvalue weighted by Gasteiger charge is -2.18. The fourth-order valence-electron chi connectivity index (χ4n) is 3.42. The van der Waals surface area contributed by atoms with Gasteiger partial charge in [0.15, 0.2) is 11.5 Å². The van der Waals surface area contributed by atoms with Crippen LogP contribution in [-0.4, -0.2) is 36.7 Å². The minimum Gasteiger partial charge on any atom is -0.486 e. The van der Waals surface area contributed by atoms with Crippen LogP contribution in [0.2, 0.25) is 0 Å². The Hall–Kier alpha value is -3.02. The van der Waals surface area contributed by atoms with Gasteiger partial charge in [0, 0.05) is 12.5 Å². The molecule has 27 heavy (non-hydrogen) atoms. The van der Waals surface area contributed by atoms with Gasteiger partial charge in [-0.3, -0.25) is 4.79 Å². The molecule has 0 aromatic heterocycles. The molecule has 0 radical (unpaired) electrons. The maximum atomic E-state index is 12.4. The molecule has 2 aliphatic rings. The summed E-state index contributed by atoms with van der Waals surface area (Å²) in [5.41, 5.74) is 2.38. The lowest BCUT2D eigenvalue weighted by Crippen LogP contribution is -2.27. The number of rotatable bonds is 6. The molecule has 1 aliphatic heterocycles. The van der Waals surface area contributed by atoms with Crippen molar-refractivity contribution in [1.82, 2.24) is 5.32 Å². The number of hydrogen-bond acceptors (Lipinski definition) is 4. The number of fused-ring (bicyclic) bond motifs is 1. The molecule has 2 atom stereocenters. The van der Waals surface area contributed by atoms with Crippen LogP contribution in [0, 0.1) is 5.92 Å². The molecular weight excluding hydrogens is 346 g/mol. The highest BCUT2D eigenvalue weighted by atomic mass is 16.6. The number of carbonyl (C=O) groups excluding carboxylic acids is 1. The Kier molecular flexibility index (Phi) is 4.71. The topological polar surface area (TPSA) is 84.9 Å². The third kappa shape index (κ3) is 3.89. The molecule has 2 N–H and O–H groups in total. The van der Waals surface area contributed by atoms with Crippen LogP contribution in [0.5, 0.6) is 11.5 Å². The normalized spacial score (nSPS) is 20.0. The van der Waals surface area contributed by atoms with Crippen LogP contribution >= 0.6 is 0 Å². The molecule has 0 saturated heterocycles. The average molecular weight is 367 g/mol. The third-order valence-corrected chi connectivity index (χ3v) is 5.04. The first kappa shape index (κ1) is 17.4. The van der Waals surface area contributed by atoms with Crippen LogP contribution < -0.4 is 14.8 Å². The summed E-state index contributed by atoms with van der Waals surface area (Å²) >= 11 is 0. The number of nitrogens with one attached hydrogen (secondary N) is 1. The van der Waals surface area contributed by atoms with E-state index in [2.05, 4.69) is 5.32 Å². The van der Waals surface area contributed by atoms with Crippen molar-refractivity contribution in [2.24, 2.45) is 5.92 Å². The standard InChI is InChI=1S/C21H21NO5/c23-20(22-8-7-13-1-3-14(4-2-13)21(24)25)17-12-16(17)15-5-6-18-19(11-15)27-10-9-26-18/h1-6,11,16-17H,7-10,12H2,(H,22,23)(H,24,25)/t16-,17+/m0/s1. The molecule has 0 bridgehead atoms. The van der Waals surface area contributed by atoms with Gasteiger partial charge in [-0.05, 0) is 54.2 Å². The lowest BCUT2D eigenvalue weighted by atomic mass is 10.1. The van der Waals surface area contributed by atoms with Gasteiger partial charge in [0.05, 0.1) is 5.56 Å². The first-order valence-electron chi connectivity index (χ1n) is 9.11. The van der Waals surface area contributed by atoms with Crippen LogP contribution in [0.25, 0.3) is 0 Å². The number of carboxylic acids is 1. The monoisotopic (exact) mass is 367 g/mol. The molecule has 1 saturated carbocycles. The van der Waals surface area contributed by atoms with Crippen LogP contribution in [-0.2, 0) is 11.2 Å². The van der Waals surface area contributed by atoms with Crippen molar-refractivity contribution in [2.75, 3.05) is 19.8 Å². The number of aromatic carboxylic acids is 1. The van der Waals surface area contributed by atoms with Gasteiger partial charge in [-0.1, -0.05) is 18.2 Å². The Bertz CT molecular complexity index is 861. The first-order valence-corrected chi connectivity index (χ1v) is 9.11. The van der Waals surface area contributed by atoms with E-state index in [1.165, 1.54) is 0 Å². The van der Waals surface area contributed by atoms with Gasteiger partial charge < -0.3 is 19.9 Å². The van der Waals surface area contributed by atoms with Crippen molar-refractivity contribution in [3.05, 3.63) is 59.2 Å². The van der Waals surface area contributed by atoms with E-state index >= 15 is 0 Å². The molecule has 4 rings (SSSR count). The fraction of sp³-hybridized carbons (Fsp3) is 0.333. The van der Waals surface area contributed by atoms with Crippen LogP contribution in [0.15, 0.2) is 42.5 Å². The maximum absolute atomic E-state index is 12.4. The van der Waals surface area contributed by atoms with Gasteiger partial charge in [0.1, 0.15) is 13.2 Å². The van der Waals surface area contributed by atoms with Gasteiger partial charge in [-0.15, -0.1) is 0 Å². The molecular formula is C21H21NO5. The summed E-state index contributed by atoms with van der Waals surface area (Å²) in [5.74, 6) is 0.888. The quantitative estimate of drug-likeness (QED) is 0.820. The first-order chi connectivity index (χ1) is 13.1. The largest absolute Gasteiger partial charge is 0.486 e. The number of ether oxygens (including phenoxy) is 2. The van der Waals surface area contributed by atoms with Crippen molar-refractivity contribution in [3.8, 4) is 11.5 Å². The van der Waals surface area contributed by atoms with E-state index in [9.17, 15) is 9.59 Å². The lowest BCUT2D eigenvalue weighted by molar-refractivity contribution is -0.122. The van der Waals surface area contributed by atoms with Crippen molar-refractivity contribution in [1.29, 1.82) is 0 Å². The number of benzene rings is 2. The summed E-state index contributed by atoms with van der Waals surface area (Å²) in [4.78, 5) is 23.2. The number of carbonyl (C=O) groups is 2. The van der Waals surface area contributed by atoms with E-state index in [-0.39, 0.29) is 23.3 Å². The molecule has 1 fully saturated rings. The average Bonchev–Trinajstić information content (AvgIpc) is 3.49. The summed E-state index contributed by atoms with van der Waals surface area (Å²) in [5, 5.41) is 11.9. The highest BCUT2D eigenvalue weighted by molar-refractivity contribution is 5.87. The summed E-state index contributed by atoms with van der Waals surface area (Å²) in [6.07, 6.45) is 1.52. The summed E-state index contributed by atoms with van der Waals surface area (Å²) in [6.45, 7) is 1.66. The third-order valence-electron chi connectivity index (χ3n) is 5.04. The molecule has 140 valence electrons. The van der Waals surface area contributed by atoms with E-state index in [1.54, 1.807) is 24.3 Å². The summed E-state index contributed by atoms with van der Waals surface area (Å²) < 4.78 is 11.1. The van der Waals surface area contributed by atoms with Crippen molar-refractivity contribution in [2.45, 2.75) is 18.8 Å². The molecule has 6 nitrogen and oxygen atoms in total. The second kappa shape index (κ2) is 7.31.